The Morgan fingerprint density at radius 1 is 0.943 bits per heavy atom. The molecule has 0 aliphatic carbocycles. The molecule has 0 radical (unpaired) electrons. The van der Waals surface area contributed by atoms with E-state index in [-0.39, 0.29) is 10.6 Å². The number of hydrogen-bond donors (Lipinski definition) is 1. The van der Waals surface area contributed by atoms with Gasteiger partial charge in [0, 0.05) is 24.8 Å². The van der Waals surface area contributed by atoms with Gasteiger partial charge in [0.1, 0.15) is 19.3 Å². The van der Waals surface area contributed by atoms with Crippen LogP contribution in [-0.4, -0.2) is 65.6 Å². The number of carbonyl (C=O) groups excluding carboxylic acids is 1. The Morgan fingerprint density at radius 3 is 2.20 bits per heavy atom. The summed E-state index contributed by atoms with van der Waals surface area (Å²) in [5.41, 5.74) is 0.623. The SMILES string of the molecule is C[C@@H](C(=O)Nc1ccc(S(=O)(=O)N2CCCCC2)cc1)N(c1ccc2c(c1)OCCO2)S(C)(=O)=O. The van der Waals surface area contributed by atoms with Crippen LogP contribution in [-0.2, 0) is 24.8 Å². The van der Waals surface area contributed by atoms with Crippen LogP contribution in [0, 0.1) is 0 Å². The number of ether oxygens (including phenoxy) is 2. The zero-order chi connectivity index (χ0) is 25.2. The van der Waals surface area contributed by atoms with E-state index in [0.717, 1.165) is 29.8 Å². The van der Waals surface area contributed by atoms with E-state index >= 15 is 0 Å². The van der Waals surface area contributed by atoms with Crippen molar-refractivity contribution >= 4 is 37.3 Å². The van der Waals surface area contributed by atoms with Gasteiger partial charge in [-0.25, -0.2) is 16.8 Å². The molecule has 0 aromatic heterocycles. The molecule has 1 fully saturated rings. The van der Waals surface area contributed by atoms with Crippen LogP contribution in [0.2, 0.25) is 0 Å². The number of sulfonamides is 2. The molecular formula is C23H29N3O7S2. The Kier molecular flexibility index (Phi) is 7.25. The summed E-state index contributed by atoms with van der Waals surface area (Å²) in [6, 6.07) is 9.47. The van der Waals surface area contributed by atoms with Gasteiger partial charge < -0.3 is 14.8 Å². The number of nitrogens with one attached hydrogen (secondary N) is 1. The van der Waals surface area contributed by atoms with E-state index in [2.05, 4.69) is 5.32 Å². The van der Waals surface area contributed by atoms with Crippen LogP contribution in [0.5, 0.6) is 11.5 Å². The molecule has 1 saturated heterocycles. The van der Waals surface area contributed by atoms with Crippen LogP contribution >= 0.6 is 0 Å². The van der Waals surface area contributed by atoms with Crippen LogP contribution < -0.4 is 19.1 Å². The first-order valence-electron chi connectivity index (χ1n) is 11.4. The Bertz CT molecular complexity index is 1290. The molecule has 2 aromatic carbocycles. The minimum Gasteiger partial charge on any atom is -0.486 e. The van der Waals surface area contributed by atoms with Crippen LogP contribution in [0.1, 0.15) is 26.2 Å². The topological polar surface area (TPSA) is 122 Å². The summed E-state index contributed by atoms with van der Waals surface area (Å²) in [6.07, 6.45) is 3.72. The third-order valence-corrected chi connectivity index (χ3v) is 9.10. The van der Waals surface area contributed by atoms with Crippen molar-refractivity contribution in [2.75, 3.05) is 42.2 Å². The lowest BCUT2D eigenvalue weighted by atomic mass is 10.2. The van der Waals surface area contributed by atoms with E-state index in [1.54, 1.807) is 12.1 Å². The Balaban J connectivity index is 1.51. The highest BCUT2D eigenvalue weighted by molar-refractivity contribution is 7.92. The predicted molar refractivity (Wildman–Crippen MR) is 132 cm³/mol. The monoisotopic (exact) mass is 523 g/mol. The second-order valence-electron chi connectivity index (χ2n) is 8.54. The number of anilines is 2. The summed E-state index contributed by atoms with van der Waals surface area (Å²) < 4.78 is 64.4. The second-order valence-corrected chi connectivity index (χ2v) is 12.3. The average molecular weight is 524 g/mol. The van der Waals surface area contributed by atoms with Gasteiger partial charge in [-0.05, 0) is 56.2 Å². The number of benzene rings is 2. The second kappa shape index (κ2) is 10.0. The minimum absolute atomic E-state index is 0.152. The summed E-state index contributed by atoms with van der Waals surface area (Å²) in [5.74, 6) is 0.336. The summed E-state index contributed by atoms with van der Waals surface area (Å²) in [7, 11) is -7.42. The van der Waals surface area contributed by atoms with Crippen molar-refractivity contribution in [1.29, 1.82) is 0 Å². The number of nitrogens with zero attached hydrogens (tertiary/aromatic N) is 2. The highest BCUT2D eigenvalue weighted by atomic mass is 32.2. The van der Waals surface area contributed by atoms with E-state index in [9.17, 15) is 21.6 Å². The Hall–Kier alpha value is -2.83. The van der Waals surface area contributed by atoms with Crippen molar-refractivity contribution in [2.24, 2.45) is 0 Å². The molecule has 12 heteroatoms. The maximum Gasteiger partial charge on any atom is 0.247 e. The van der Waals surface area contributed by atoms with Gasteiger partial charge in [-0.2, -0.15) is 4.31 Å². The first-order chi connectivity index (χ1) is 16.6. The van der Waals surface area contributed by atoms with Gasteiger partial charge in [-0.1, -0.05) is 6.42 Å². The Labute approximate surface area is 205 Å². The number of rotatable bonds is 7. The van der Waals surface area contributed by atoms with Gasteiger partial charge >= 0.3 is 0 Å². The smallest absolute Gasteiger partial charge is 0.247 e. The number of amides is 1. The van der Waals surface area contributed by atoms with Crippen molar-refractivity contribution in [1.82, 2.24) is 4.31 Å². The lowest BCUT2D eigenvalue weighted by Crippen LogP contribution is -2.45. The maximum atomic E-state index is 13.0. The molecule has 0 spiro atoms. The van der Waals surface area contributed by atoms with Gasteiger partial charge in [-0.15, -0.1) is 0 Å². The van der Waals surface area contributed by atoms with E-state index in [1.165, 1.54) is 41.6 Å². The van der Waals surface area contributed by atoms with Crippen LogP contribution in [0.25, 0.3) is 0 Å². The predicted octanol–water partition coefficient (Wildman–Crippen LogP) is 2.43. The van der Waals surface area contributed by atoms with E-state index < -0.39 is 32.0 Å². The maximum absolute atomic E-state index is 13.0. The van der Waals surface area contributed by atoms with Crippen molar-refractivity contribution in [3.05, 3.63) is 42.5 Å². The van der Waals surface area contributed by atoms with E-state index in [1.807, 2.05) is 0 Å². The van der Waals surface area contributed by atoms with Crippen LogP contribution in [0.3, 0.4) is 0 Å². The molecule has 0 saturated carbocycles. The van der Waals surface area contributed by atoms with Crippen molar-refractivity contribution < 1.29 is 31.1 Å². The summed E-state index contributed by atoms with van der Waals surface area (Å²) in [4.78, 5) is 13.1. The number of fused-ring (bicyclic) bond motifs is 1. The zero-order valence-corrected chi connectivity index (χ0v) is 21.3. The van der Waals surface area contributed by atoms with Gasteiger partial charge in [0.2, 0.25) is 26.0 Å². The minimum atomic E-state index is -3.83. The summed E-state index contributed by atoms with van der Waals surface area (Å²) >= 11 is 0. The van der Waals surface area contributed by atoms with E-state index in [4.69, 9.17) is 9.47 Å². The van der Waals surface area contributed by atoms with Gasteiger partial charge in [-0.3, -0.25) is 9.10 Å². The van der Waals surface area contributed by atoms with Crippen molar-refractivity contribution in [3.63, 3.8) is 0 Å². The van der Waals surface area contributed by atoms with E-state index in [0.29, 0.717) is 43.5 Å². The van der Waals surface area contributed by atoms with Gasteiger partial charge in [0.25, 0.3) is 0 Å². The fourth-order valence-electron chi connectivity index (χ4n) is 4.19. The molecule has 0 bridgehead atoms. The van der Waals surface area contributed by atoms with Crippen LogP contribution in [0.4, 0.5) is 11.4 Å². The highest BCUT2D eigenvalue weighted by Gasteiger charge is 2.31. The van der Waals surface area contributed by atoms with Gasteiger partial charge in [0.05, 0.1) is 16.8 Å². The first-order valence-corrected chi connectivity index (χ1v) is 14.7. The normalized spacial score (nSPS) is 17.4. The average Bonchev–Trinajstić information content (AvgIpc) is 2.84. The van der Waals surface area contributed by atoms with Crippen molar-refractivity contribution in [3.8, 4) is 11.5 Å². The first kappa shape index (κ1) is 25.3. The molecule has 2 heterocycles. The molecule has 0 unspecified atom stereocenters. The van der Waals surface area contributed by atoms with Crippen molar-refractivity contribution in [2.45, 2.75) is 37.1 Å². The fourth-order valence-corrected chi connectivity index (χ4v) is 6.87. The standard InChI is InChI=1S/C23H29N3O7S2/c1-17(26(34(2,28)29)19-8-11-21-22(16-19)33-15-14-32-21)23(27)24-18-6-9-20(10-7-18)35(30,31)25-12-4-3-5-13-25/h6-11,16-17H,3-5,12-15H2,1-2H3,(H,24,27)/t17-/m0/s1. The number of carbonyl (C=O) groups is 1. The van der Waals surface area contributed by atoms with Crippen LogP contribution in [0.15, 0.2) is 47.4 Å². The quantitative estimate of drug-likeness (QED) is 0.591. The molecule has 2 aliphatic heterocycles. The number of hydrogen-bond acceptors (Lipinski definition) is 7. The molecule has 4 rings (SSSR count). The highest BCUT2D eigenvalue weighted by Crippen LogP contribution is 2.35. The lowest BCUT2D eigenvalue weighted by Gasteiger charge is -2.29. The largest absolute Gasteiger partial charge is 0.486 e. The molecular weight excluding hydrogens is 494 g/mol. The molecule has 2 aliphatic rings. The fraction of sp³-hybridized carbons (Fsp3) is 0.435. The zero-order valence-electron chi connectivity index (χ0n) is 19.6. The molecule has 10 nitrogen and oxygen atoms in total. The lowest BCUT2D eigenvalue weighted by molar-refractivity contribution is -0.116. The Morgan fingerprint density at radius 2 is 1.57 bits per heavy atom. The molecule has 1 atom stereocenters. The third kappa shape index (κ3) is 5.54. The molecule has 1 N–H and O–H groups in total. The molecule has 1 amide bonds. The number of piperidine rings is 1. The molecule has 2 aromatic rings. The van der Waals surface area contributed by atoms with Gasteiger partial charge in [0.15, 0.2) is 11.5 Å². The summed E-state index contributed by atoms with van der Waals surface area (Å²) in [6.45, 7) is 3.22. The molecule has 35 heavy (non-hydrogen) atoms. The summed E-state index contributed by atoms with van der Waals surface area (Å²) in [5, 5.41) is 2.68. The molecule has 190 valence electrons. The third-order valence-electron chi connectivity index (χ3n) is 5.94.